The van der Waals surface area contributed by atoms with E-state index in [0.29, 0.717) is 18.0 Å². The minimum atomic E-state index is -0.284. The van der Waals surface area contributed by atoms with Crippen LogP contribution in [0.15, 0.2) is 6.07 Å². The Labute approximate surface area is 127 Å². The average Bonchev–Trinajstić information content (AvgIpc) is 2.98. The van der Waals surface area contributed by atoms with E-state index in [1.165, 1.54) is 11.3 Å². The van der Waals surface area contributed by atoms with Crippen LogP contribution in [0.25, 0.3) is 10.2 Å². The van der Waals surface area contributed by atoms with E-state index in [2.05, 4.69) is 5.10 Å². The maximum absolute atomic E-state index is 12.4. The number of fused-ring (bicyclic) bond motifs is 1. The topological polar surface area (TPSA) is 64.4 Å². The molecule has 0 aromatic carbocycles. The molecule has 0 saturated heterocycles. The van der Waals surface area contributed by atoms with Gasteiger partial charge >= 0.3 is 5.97 Å². The van der Waals surface area contributed by atoms with Crippen LogP contribution < -0.4 is 0 Å². The maximum Gasteiger partial charge on any atom is 0.307 e. The highest BCUT2D eigenvalue weighted by molar-refractivity contribution is 7.20. The molecule has 2 heterocycles. The van der Waals surface area contributed by atoms with Crippen LogP contribution in [0.1, 0.15) is 28.7 Å². The van der Waals surface area contributed by atoms with Crippen molar-refractivity contribution < 1.29 is 14.3 Å². The van der Waals surface area contributed by atoms with E-state index in [-0.39, 0.29) is 18.3 Å². The molecule has 0 unspecified atom stereocenters. The Kier molecular flexibility index (Phi) is 4.62. The smallest absolute Gasteiger partial charge is 0.307 e. The lowest BCUT2D eigenvalue weighted by Gasteiger charge is -2.15. The van der Waals surface area contributed by atoms with Crippen molar-refractivity contribution in [2.24, 2.45) is 7.05 Å². The van der Waals surface area contributed by atoms with E-state index in [1.54, 1.807) is 23.6 Å². The summed E-state index contributed by atoms with van der Waals surface area (Å²) in [7, 11) is 3.56. The van der Waals surface area contributed by atoms with Crippen molar-refractivity contribution in [1.29, 1.82) is 0 Å². The van der Waals surface area contributed by atoms with Gasteiger partial charge in [-0.3, -0.25) is 14.3 Å². The van der Waals surface area contributed by atoms with Crippen molar-refractivity contribution in [3.8, 4) is 0 Å². The first kappa shape index (κ1) is 15.5. The minimum Gasteiger partial charge on any atom is -0.466 e. The Hall–Kier alpha value is -1.89. The van der Waals surface area contributed by atoms with Crippen molar-refractivity contribution in [3.05, 3.63) is 16.6 Å². The van der Waals surface area contributed by atoms with Crippen LogP contribution in [0.2, 0.25) is 0 Å². The van der Waals surface area contributed by atoms with Crippen LogP contribution in [0, 0.1) is 6.92 Å². The number of hydrogen-bond acceptors (Lipinski definition) is 5. The van der Waals surface area contributed by atoms with Gasteiger partial charge in [0, 0.05) is 26.0 Å². The summed E-state index contributed by atoms with van der Waals surface area (Å²) in [5.41, 5.74) is 0.914. The van der Waals surface area contributed by atoms with E-state index in [1.807, 2.05) is 20.0 Å². The quantitative estimate of drug-likeness (QED) is 0.792. The number of aromatic nitrogens is 2. The summed E-state index contributed by atoms with van der Waals surface area (Å²) in [5, 5.41) is 5.32. The number of esters is 1. The molecule has 0 atom stereocenters. The predicted octanol–water partition coefficient (Wildman–Crippen LogP) is 1.97. The molecule has 2 rings (SSSR count). The second-order valence-electron chi connectivity index (χ2n) is 4.82. The van der Waals surface area contributed by atoms with Crippen LogP contribution in [0.4, 0.5) is 0 Å². The summed E-state index contributed by atoms with van der Waals surface area (Å²) < 4.78 is 6.64. The van der Waals surface area contributed by atoms with E-state index in [0.717, 1.165) is 15.9 Å². The number of aryl methyl sites for hydroxylation is 2. The summed E-state index contributed by atoms with van der Waals surface area (Å²) in [4.78, 5) is 26.9. The predicted molar refractivity (Wildman–Crippen MR) is 81.5 cm³/mol. The molecule has 0 radical (unpaired) electrons. The monoisotopic (exact) mass is 309 g/mol. The standard InChI is InChI=1S/C14H19N3O3S/c1-5-20-12(18)6-7-16(3)13(19)11-8-10-9(2)15-17(4)14(10)21-11/h8H,5-7H2,1-4H3. The fourth-order valence-corrected chi connectivity index (χ4v) is 3.21. The normalized spacial score (nSPS) is 10.9. The van der Waals surface area contributed by atoms with Gasteiger partial charge in [0.15, 0.2) is 0 Å². The highest BCUT2D eigenvalue weighted by Gasteiger charge is 2.18. The lowest BCUT2D eigenvalue weighted by atomic mass is 10.3. The van der Waals surface area contributed by atoms with E-state index >= 15 is 0 Å². The molecule has 0 aliphatic rings. The van der Waals surface area contributed by atoms with Gasteiger partial charge in [-0.15, -0.1) is 11.3 Å². The van der Waals surface area contributed by atoms with Crippen LogP contribution in [-0.4, -0.2) is 46.8 Å². The molecule has 0 aliphatic heterocycles. The molecule has 0 aliphatic carbocycles. The number of hydrogen-bond donors (Lipinski definition) is 0. The number of nitrogens with zero attached hydrogens (tertiary/aromatic N) is 3. The lowest BCUT2D eigenvalue weighted by molar-refractivity contribution is -0.143. The van der Waals surface area contributed by atoms with Crippen molar-refractivity contribution in [3.63, 3.8) is 0 Å². The highest BCUT2D eigenvalue weighted by Crippen LogP contribution is 2.28. The van der Waals surface area contributed by atoms with Crippen molar-refractivity contribution >= 4 is 33.4 Å². The van der Waals surface area contributed by atoms with Crippen molar-refractivity contribution in [1.82, 2.24) is 14.7 Å². The zero-order valence-electron chi connectivity index (χ0n) is 12.7. The SMILES string of the molecule is CCOC(=O)CCN(C)C(=O)c1cc2c(C)nn(C)c2s1. The van der Waals surface area contributed by atoms with Crippen LogP contribution in [0.3, 0.4) is 0 Å². The molecule has 21 heavy (non-hydrogen) atoms. The molecule has 1 amide bonds. The number of thiophene rings is 1. The van der Waals surface area contributed by atoms with Crippen LogP contribution >= 0.6 is 11.3 Å². The summed E-state index contributed by atoms with van der Waals surface area (Å²) in [5.74, 6) is -0.367. The first-order valence-electron chi connectivity index (χ1n) is 6.78. The third-order valence-corrected chi connectivity index (χ3v) is 4.40. The third-order valence-electron chi connectivity index (χ3n) is 3.21. The summed E-state index contributed by atoms with van der Waals surface area (Å²) in [6.45, 7) is 4.40. The molecule has 2 aromatic heterocycles. The molecule has 0 fully saturated rings. The molecule has 0 spiro atoms. The first-order valence-corrected chi connectivity index (χ1v) is 7.60. The molecule has 2 aromatic rings. The van der Waals surface area contributed by atoms with Gasteiger partial charge in [0.25, 0.3) is 5.91 Å². The van der Waals surface area contributed by atoms with Gasteiger partial charge in [-0.1, -0.05) is 0 Å². The molecule has 0 saturated carbocycles. The number of rotatable bonds is 5. The van der Waals surface area contributed by atoms with Gasteiger partial charge in [-0.25, -0.2) is 0 Å². The van der Waals surface area contributed by atoms with Gasteiger partial charge in [0.2, 0.25) is 0 Å². The Bertz CT molecular complexity index is 640. The van der Waals surface area contributed by atoms with Gasteiger partial charge in [-0.2, -0.15) is 5.10 Å². The van der Waals surface area contributed by atoms with E-state index in [4.69, 9.17) is 4.74 Å². The fourth-order valence-electron chi connectivity index (χ4n) is 2.09. The molecule has 6 nitrogen and oxygen atoms in total. The maximum atomic E-state index is 12.4. The first-order chi connectivity index (χ1) is 9.93. The summed E-state index contributed by atoms with van der Waals surface area (Å²) >= 11 is 1.42. The van der Waals surface area contributed by atoms with Crippen LogP contribution in [0.5, 0.6) is 0 Å². The number of ether oxygens (including phenoxy) is 1. The average molecular weight is 309 g/mol. The largest absolute Gasteiger partial charge is 0.466 e. The lowest BCUT2D eigenvalue weighted by Crippen LogP contribution is -2.28. The Morgan fingerprint density at radius 1 is 1.48 bits per heavy atom. The number of carbonyl (C=O) groups excluding carboxylic acids is 2. The molecule has 114 valence electrons. The van der Waals surface area contributed by atoms with Crippen molar-refractivity contribution in [2.75, 3.05) is 20.2 Å². The Morgan fingerprint density at radius 2 is 2.19 bits per heavy atom. The second-order valence-corrected chi connectivity index (χ2v) is 5.85. The number of amides is 1. The summed E-state index contributed by atoms with van der Waals surface area (Å²) in [6.07, 6.45) is 0.210. The third kappa shape index (κ3) is 3.24. The minimum absolute atomic E-state index is 0.0834. The van der Waals surface area contributed by atoms with Gasteiger partial charge in [0.05, 0.1) is 23.6 Å². The highest BCUT2D eigenvalue weighted by atomic mass is 32.1. The molecular formula is C14H19N3O3S. The zero-order valence-corrected chi connectivity index (χ0v) is 13.5. The Balaban J connectivity index is 2.07. The van der Waals surface area contributed by atoms with Gasteiger partial charge in [0.1, 0.15) is 4.83 Å². The van der Waals surface area contributed by atoms with E-state index < -0.39 is 0 Å². The fraction of sp³-hybridized carbons (Fsp3) is 0.500. The van der Waals surface area contributed by atoms with Gasteiger partial charge in [-0.05, 0) is 19.9 Å². The van der Waals surface area contributed by atoms with E-state index in [9.17, 15) is 9.59 Å². The van der Waals surface area contributed by atoms with Gasteiger partial charge < -0.3 is 9.64 Å². The molecular weight excluding hydrogens is 290 g/mol. The Morgan fingerprint density at radius 3 is 2.81 bits per heavy atom. The molecule has 7 heteroatoms. The molecule has 0 bridgehead atoms. The van der Waals surface area contributed by atoms with Crippen molar-refractivity contribution in [2.45, 2.75) is 20.3 Å². The summed E-state index contributed by atoms with van der Waals surface area (Å²) in [6, 6.07) is 1.87. The van der Waals surface area contributed by atoms with Crippen LogP contribution in [-0.2, 0) is 16.6 Å². The molecule has 0 N–H and O–H groups in total. The number of carbonyl (C=O) groups is 2. The zero-order chi connectivity index (χ0) is 15.6. The second kappa shape index (κ2) is 6.26.